The van der Waals surface area contributed by atoms with Gasteiger partial charge in [0, 0.05) is 48.5 Å². The van der Waals surface area contributed by atoms with Crippen molar-refractivity contribution in [2.45, 2.75) is 0 Å². The molecule has 2 rings (SSSR count). The first-order valence-corrected chi connectivity index (χ1v) is 8.01. The van der Waals surface area contributed by atoms with E-state index in [1.807, 2.05) is 12.1 Å². The van der Waals surface area contributed by atoms with Gasteiger partial charge in [0.2, 0.25) is 0 Å². The van der Waals surface area contributed by atoms with Crippen LogP contribution >= 0.6 is 22.6 Å². The maximum absolute atomic E-state index is 11.7. The van der Waals surface area contributed by atoms with Crippen LogP contribution in [0, 0.1) is 3.57 Å². The number of hydrogen-bond acceptors (Lipinski definition) is 4. The van der Waals surface area contributed by atoms with Crippen LogP contribution in [0.5, 0.6) is 0 Å². The van der Waals surface area contributed by atoms with Crippen molar-refractivity contribution in [3.63, 3.8) is 0 Å². The maximum Gasteiger partial charge on any atom is 0.313 e. The van der Waals surface area contributed by atoms with E-state index in [0.29, 0.717) is 12.2 Å². The second kappa shape index (κ2) is 8.30. The Balaban J connectivity index is 1.69. The Hall–Kier alpha value is -1.19. The third-order valence-corrected chi connectivity index (χ3v) is 3.95. The van der Waals surface area contributed by atoms with E-state index in [2.05, 4.69) is 43.4 Å². The standard InChI is InChI=1S/C14H19IN4O2/c15-11-1-3-12(4-2-11)18-14(21)13(20)17-7-10-19-8-5-16-6-9-19/h1-4,16H,5-10H2,(H,17,20)(H,18,21). The van der Waals surface area contributed by atoms with Crippen LogP contribution < -0.4 is 16.0 Å². The van der Waals surface area contributed by atoms with Crippen molar-refractivity contribution in [3.05, 3.63) is 27.8 Å². The fourth-order valence-corrected chi connectivity index (χ4v) is 2.42. The maximum atomic E-state index is 11.7. The van der Waals surface area contributed by atoms with Crippen LogP contribution in [0.4, 0.5) is 5.69 Å². The summed E-state index contributed by atoms with van der Waals surface area (Å²) < 4.78 is 1.08. The lowest BCUT2D eigenvalue weighted by atomic mass is 10.3. The number of amides is 2. The highest BCUT2D eigenvalue weighted by molar-refractivity contribution is 14.1. The minimum absolute atomic E-state index is 0.485. The molecule has 1 saturated heterocycles. The number of rotatable bonds is 4. The molecular weight excluding hydrogens is 383 g/mol. The zero-order chi connectivity index (χ0) is 15.1. The lowest BCUT2D eigenvalue weighted by molar-refractivity contribution is -0.136. The fraction of sp³-hybridized carbons (Fsp3) is 0.429. The number of nitrogens with zero attached hydrogens (tertiary/aromatic N) is 1. The van der Waals surface area contributed by atoms with E-state index < -0.39 is 11.8 Å². The SMILES string of the molecule is O=C(NCCN1CCNCC1)C(=O)Nc1ccc(I)cc1. The van der Waals surface area contributed by atoms with Crippen LogP contribution in [0.15, 0.2) is 24.3 Å². The smallest absolute Gasteiger partial charge is 0.313 e. The Morgan fingerprint density at radius 3 is 2.48 bits per heavy atom. The summed E-state index contributed by atoms with van der Waals surface area (Å²) >= 11 is 2.18. The molecule has 1 aliphatic rings. The van der Waals surface area contributed by atoms with Gasteiger partial charge in [-0.05, 0) is 46.9 Å². The summed E-state index contributed by atoms with van der Waals surface area (Å²) in [6.45, 7) is 5.15. The van der Waals surface area contributed by atoms with Crippen LogP contribution in [0.3, 0.4) is 0 Å². The molecule has 7 heteroatoms. The lowest BCUT2D eigenvalue weighted by Crippen LogP contribution is -2.47. The van der Waals surface area contributed by atoms with E-state index in [0.717, 1.165) is 36.3 Å². The van der Waals surface area contributed by atoms with Crippen molar-refractivity contribution >= 4 is 40.1 Å². The molecule has 1 aliphatic heterocycles. The summed E-state index contributed by atoms with van der Waals surface area (Å²) in [6.07, 6.45) is 0. The number of nitrogens with one attached hydrogen (secondary N) is 3. The van der Waals surface area contributed by atoms with Gasteiger partial charge in [0.25, 0.3) is 0 Å². The van der Waals surface area contributed by atoms with Crippen LogP contribution in [0.25, 0.3) is 0 Å². The van der Waals surface area contributed by atoms with Gasteiger partial charge in [0.15, 0.2) is 0 Å². The van der Waals surface area contributed by atoms with Crippen molar-refractivity contribution in [1.29, 1.82) is 0 Å². The van der Waals surface area contributed by atoms with Crippen LogP contribution in [0.1, 0.15) is 0 Å². The molecule has 0 radical (unpaired) electrons. The molecule has 114 valence electrons. The van der Waals surface area contributed by atoms with Gasteiger partial charge < -0.3 is 16.0 Å². The summed E-state index contributed by atoms with van der Waals surface area (Å²) in [5, 5.41) is 8.50. The number of hydrogen-bond donors (Lipinski definition) is 3. The van der Waals surface area contributed by atoms with Crippen molar-refractivity contribution in [3.8, 4) is 0 Å². The highest BCUT2D eigenvalue weighted by Gasteiger charge is 2.14. The molecular formula is C14H19IN4O2. The molecule has 1 aromatic carbocycles. The van der Waals surface area contributed by atoms with Crippen LogP contribution in [0.2, 0.25) is 0 Å². The minimum atomic E-state index is -0.628. The number of piperazine rings is 1. The van der Waals surface area contributed by atoms with Gasteiger partial charge in [-0.2, -0.15) is 0 Å². The molecule has 0 saturated carbocycles. The number of carbonyl (C=O) groups excluding carboxylic acids is 2. The number of anilines is 1. The average Bonchev–Trinajstić information content (AvgIpc) is 2.50. The number of benzene rings is 1. The second-order valence-corrected chi connectivity index (χ2v) is 6.05. The first-order chi connectivity index (χ1) is 10.1. The molecule has 0 bridgehead atoms. The second-order valence-electron chi connectivity index (χ2n) is 4.81. The fourth-order valence-electron chi connectivity index (χ4n) is 2.06. The Bertz CT molecular complexity index is 486. The topological polar surface area (TPSA) is 73.5 Å². The van der Waals surface area contributed by atoms with E-state index in [9.17, 15) is 9.59 Å². The Labute approximate surface area is 137 Å². The minimum Gasteiger partial charge on any atom is -0.347 e. The average molecular weight is 402 g/mol. The molecule has 2 amide bonds. The Morgan fingerprint density at radius 1 is 1.14 bits per heavy atom. The molecule has 1 heterocycles. The largest absolute Gasteiger partial charge is 0.347 e. The predicted molar refractivity (Wildman–Crippen MR) is 90.1 cm³/mol. The van der Waals surface area contributed by atoms with Gasteiger partial charge in [-0.1, -0.05) is 0 Å². The van der Waals surface area contributed by atoms with Gasteiger partial charge in [0.05, 0.1) is 0 Å². The molecule has 6 nitrogen and oxygen atoms in total. The van der Waals surface area contributed by atoms with E-state index in [-0.39, 0.29) is 0 Å². The molecule has 21 heavy (non-hydrogen) atoms. The van der Waals surface area contributed by atoms with Crippen molar-refractivity contribution in [2.24, 2.45) is 0 Å². The number of carbonyl (C=O) groups is 2. The van der Waals surface area contributed by atoms with Crippen molar-refractivity contribution < 1.29 is 9.59 Å². The van der Waals surface area contributed by atoms with Crippen molar-refractivity contribution in [2.75, 3.05) is 44.6 Å². The molecule has 0 spiro atoms. The van der Waals surface area contributed by atoms with Gasteiger partial charge in [-0.25, -0.2) is 0 Å². The quantitative estimate of drug-likeness (QED) is 0.499. The van der Waals surface area contributed by atoms with Crippen LogP contribution in [-0.2, 0) is 9.59 Å². The van der Waals surface area contributed by atoms with E-state index in [4.69, 9.17) is 0 Å². The Kier molecular flexibility index (Phi) is 6.40. The Morgan fingerprint density at radius 2 is 1.81 bits per heavy atom. The normalized spacial score (nSPS) is 15.5. The first-order valence-electron chi connectivity index (χ1n) is 6.93. The third-order valence-electron chi connectivity index (χ3n) is 3.23. The van der Waals surface area contributed by atoms with Crippen LogP contribution in [-0.4, -0.2) is 56.0 Å². The molecule has 3 N–H and O–H groups in total. The monoisotopic (exact) mass is 402 g/mol. The van der Waals surface area contributed by atoms with E-state index in [1.165, 1.54) is 0 Å². The molecule has 1 fully saturated rings. The summed E-state index contributed by atoms with van der Waals surface area (Å²) in [7, 11) is 0. The van der Waals surface area contributed by atoms with Gasteiger partial charge in [0.1, 0.15) is 0 Å². The van der Waals surface area contributed by atoms with Gasteiger partial charge in [-0.15, -0.1) is 0 Å². The summed E-state index contributed by atoms with van der Waals surface area (Å²) in [5.74, 6) is -1.22. The lowest BCUT2D eigenvalue weighted by Gasteiger charge is -2.26. The molecule has 0 aliphatic carbocycles. The highest BCUT2D eigenvalue weighted by atomic mass is 127. The summed E-state index contributed by atoms with van der Waals surface area (Å²) in [4.78, 5) is 25.7. The van der Waals surface area contributed by atoms with Crippen molar-refractivity contribution in [1.82, 2.24) is 15.5 Å². The highest BCUT2D eigenvalue weighted by Crippen LogP contribution is 2.10. The summed E-state index contributed by atoms with van der Waals surface area (Å²) in [6, 6.07) is 7.29. The third kappa shape index (κ3) is 5.60. The van der Waals surface area contributed by atoms with Gasteiger partial charge >= 0.3 is 11.8 Å². The zero-order valence-corrected chi connectivity index (χ0v) is 13.9. The molecule has 0 atom stereocenters. The molecule has 1 aromatic rings. The number of halogens is 1. The zero-order valence-electron chi connectivity index (χ0n) is 11.7. The van der Waals surface area contributed by atoms with E-state index >= 15 is 0 Å². The van der Waals surface area contributed by atoms with E-state index in [1.54, 1.807) is 12.1 Å². The first kappa shape index (κ1) is 16.2. The molecule has 0 aromatic heterocycles. The van der Waals surface area contributed by atoms with Gasteiger partial charge in [-0.3, -0.25) is 14.5 Å². The summed E-state index contributed by atoms with van der Waals surface area (Å²) in [5.41, 5.74) is 0.623. The predicted octanol–water partition coefficient (Wildman–Crippen LogP) is 0.251. The molecule has 0 unspecified atom stereocenters.